The number of likely N-dealkylation sites (tertiary alicyclic amines) is 1. The van der Waals surface area contributed by atoms with Crippen LogP contribution in [0.1, 0.15) is 81.7 Å². The Kier molecular flexibility index (Phi) is 6.88. The molecular formula is C31H45N5. The number of hydrogen-bond acceptors (Lipinski definition) is 5. The summed E-state index contributed by atoms with van der Waals surface area (Å²) in [5.74, 6) is 3.31. The van der Waals surface area contributed by atoms with Crippen LogP contribution in [0.2, 0.25) is 0 Å². The van der Waals surface area contributed by atoms with E-state index in [1.54, 1.807) is 0 Å². The standard InChI is InChI=1S/C31H45N5/c1-20(2)28-16-32-30(34-29(28)33-23(5)27-11-10-21(3)13-22(27)4)36-18-25(19-36)24-9-8-12-35(17-24)26-14-31(6,7)15-26/h10-11,13,16,23-26H,1,8-9,12,14-15,17-19H2,2-7H3,(H,32,33,34)/t23-,24+/m1/s1. The van der Waals surface area contributed by atoms with E-state index >= 15 is 0 Å². The Morgan fingerprint density at radius 2 is 1.89 bits per heavy atom. The van der Waals surface area contributed by atoms with Crippen molar-refractivity contribution in [2.24, 2.45) is 17.3 Å². The highest BCUT2D eigenvalue weighted by molar-refractivity contribution is 5.72. The maximum absolute atomic E-state index is 5.02. The first kappa shape index (κ1) is 25.3. The number of nitrogens with one attached hydrogen (secondary N) is 1. The summed E-state index contributed by atoms with van der Waals surface area (Å²) in [6.45, 7) is 22.3. The molecule has 2 atom stereocenters. The Labute approximate surface area is 218 Å². The zero-order chi connectivity index (χ0) is 25.6. The van der Waals surface area contributed by atoms with Gasteiger partial charge in [0.05, 0.1) is 6.04 Å². The fraction of sp³-hybridized carbons (Fsp3) is 0.613. The molecule has 5 rings (SSSR count). The van der Waals surface area contributed by atoms with Gasteiger partial charge in [0.25, 0.3) is 0 Å². The van der Waals surface area contributed by atoms with Gasteiger partial charge in [-0.3, -0.25) is 0 Å². The van der Waals surface area contributed by atoms with Gasteiger partial charge in [-0.05, 0) is 93.9 Å². The Morgan fingerprint density at radius 3 is 2.56 bits per heavy atom. The van der Waals surface area contributed by atoms with Crippen molar-refractivity contribution in [3.8, 4) is 0 Å². The van der Waals surface area contributed by atoms with Gasteiger partial charge in [-0.25, -0.2) is 4.98 Å². The Morgan fingerprint density at radius 1 is 1.14 bits per heavy atom. The topological polar surface area (TPSA) is 44.3 Å². The van der Waals surface area contributed by atoms with Crippen LogP contribution in [-0.2, 0) is 0 Å². The summed E-state index contributed by atoms with van der Waals surface area (Å²) in [5, 5.41) is 3.68. The van der Waals surface area contributed by atoms with Crippen LogP contribution in [0.25, 0.3) is 5.57 Å². The minimum Gasteiger partial charge on any atom is -0.363 e. The molecule has 0 spiro atoms. The molecule has 194 valence electrons. The summed E-state index contributed by atoms with van der Waals surface area (Å²) in [6, 6.07) is 7.63. The monoisotopic (exact) mass is 487 g/mol. The molecule has 36 heavy (non-hydrogen) atoms. The van der Waals surface area contributed by atoms with Crippen LogP contribution >= 0.6 is 0 Å². The number of rotatable bonds is 7. The Hall–Kier alpha value is -2.40. The van der Waals surface area contributed by atoms with Gasteiger partial charge in [0, 0.05) is 37.4 Å². The van der Waals surface area contributed by atoms with Crippen molar-refractivity contribution >= 4 is 17.3 Å². The maximum Gasteiger partial charge on any atom is 0.227 e. The Balaban J connectivity index is 1.24. The molecule has 3 aliphatic rings. The summed E-state index contributed by atoms with van der Waals surface area (Å²) >= 11 is 0. The molecule has 2 aliphatic heterocycles. The largest absolute Gasteiger partial charge is 0.363 e. The second-order valence-electron chi connectivity index (χ2n) is 12.7. The predicted octanol–water partition coefficient (Wildman–Crippen LogP) is 6.64. The van der Waals surface area contributed by atoms with Crippen molar-refractivity contribution in [2.45, 2.75) is 79.3 Å². The molecule has 1 N–H and O–H groups in total. The number of nitrogens with zero attached hydrogens (tertiary/aromatic N) is 4. The third kappa shape index (κ3) is 5.18. The highest BCUT2D eigenvalue weighted by atomic mass is 15.3. The third-order valence-electron chi connectivity index (χ3n) is 8.92. The van der Waals surface area contributed by atoms with Gasteiger partial charge in [0.2, 0.25) is 5.95 Å². The number of anilines is 2. The van der Waals surface area contributed by atoms with Crippen LogP contribution < -0.4 is 10.2 Å². The van der Waals surface area contributed by atoms with Crippen LogP contribution in [0.4, 0.5) is 11.8 Å². The van der Waals surface area contributed by atoms with Crippen molar-refractivity contribution in [2.75, 3.05) is 36.4 Å². The second kappa shape index (κ2) is 9.81. The lowest BCUT2D eigenvalue weighted by molar-refractivity contribution is -0.00913. The summed E-state index contributed by atoms with van der Waals surface area (Å²) < 4.78 is 0. The van der Waals surface area contributed by atoms with Crippen LogP contribution in [-0.4, -0.2) is 47.1 Å². The van der Waals surface area contributed by atoms with Gasteiger partial charge < -0.3 is 15.1 Å². The highest BCUT2D eigenvalue weighted by Gasteiger charge is 2.43. The van der Waals surface area contributed by atoms with E-state index in [4.69, 9.17) is 9.97 Å². The quantitative estimate of drug-likeness (QED) is 0.474. The average molecular weight is 488 g/mol. The molecular weight excluding hydrogens is 442 g/mol. The van der Waals surface area contributed by atoms with E-state index in [1.165, 1.54) is 55.5 Å². The first-order chi connectivity index (χ1) is 17.1. The molecule has 5 heteroatoms. The zero-order valence-corrected chi connectivity index (χ0v) is 23.3. The molecule has 1 aliphatic carbocycles. The lowest BCUT2D eigenvalue weighted by Gasteiger charge is -2.53. The van der Waals surface area contributed by atoms with E-state index in [1.807, 2.05) is 13.1 Å². The van der Waals surface area contributed by atoms with Gasteiger partial charge in [0.15, 0.2) is 0 Å². The van der Waals surface area contributed by atoms with Crippen molar-refractivity contribution in [1.29, 1.82) is 0 Å². The molecule has 0 bridgehead atoms. The molecule has 0 radical (unpaired) electrons. The number of allylic oxidation sites excluding steroid dienone is 1. The van der Waals surface area contributed by atoms with Crippen molar-refractivity contribution in [1.82, 2.24) is 14.9 Å². The van der Waals surface area contributed by atoms with Gasteiger partial charge in [-0.2, -0.15) is 4.98 Å². The summed E-state index contributed by atoms with van der Waals surface area (Å²) in [5.41, 5.74) is 6.44. The SMILES string of the molecule is C=C(C)c1cnc(N2CC([C@H]3CCCN(C4CC(C)(C)C4)C3)C2)nc1N[C@H](C)c1ccc(C)cc1C. The number of aromatic nitrogens is 2. The summed E-state index contributed by atoms with van der Waals surface area (Å²) in [7, 11) is 0. The molecule has 2 saturated heterocycles. The minimum atomic E-state index is 0.153. The van der Waals surface area contributed by atoms with E-state index in [9.17, 15) is 0 Å². The lowest BCUT2D eigenvalue weighted by atomic mass is 9.67. The van der Waals surface area contributed by atoms with Crippen LogP contribution in [0.3, 0.4) is 0 Å². The smallest absolute Gasteiger partial charge is 0.227 e. The van der Waals surface area contributed by atoms with Gasteiger partial charge >= 0.3 is 0 Å². The molecule has 2 aromatic rings. The number of aryl methyl sites for hydroxylation is 2. The molecule has 0 amide bonds. The summed E-state index contributed by atoms with van der Waals surface area (Å²) in [6.07, 6.45) is 7.42. The minimum absolute atomic E-state index is 0.153. The molecule has 5 nitrogen and oxygen atoms in total. The fourth-order valence-electron chi connectivity index (χ4n) is 6.75. The second-order valence-corrected chi connectivity index (χ2v) is 12.7. The third-order valence-corrected chi connectivity index (χ3v) is 8.92. The number of piperidine rings is 1. The normalized spacial score (nSPS) is 23.6. The van der Waals surface area contributed by atoms with E-state index in [0.717, 1.165) is 53.9 Å². The molecule has 0 unspecified atom stereocenters. The van der Waals surface area contributed by atoms with E-state index in [-0.39, 0.29) is 6.04 Å². The number of benzene rings is 1. The van der Waals surface area contributed by atoms with E-state index < -0.39 is 0 Å². The molecule has 1 aromatic carbocycles. The van der Waals surface area contributed by atoms with E-state index in [0.29, 0.717) is 5.41 Å². The fourth-order valence-corrected chi connectivity index (χ4v) is 6.75. The van der Waals surface area contributed by atoms with Crippen LogP contribution in [0.15, 0.2) is 31.0 Å². The van der Waals surface area contributed by atoms with Gasteiger partial charge in [0.1, 0.15) is 5.82 Å². The number of hydrogen-bond donors (Lipinski definition) is 1. The zero-order valence-electron chi connectivity index (χ0n) is 23.3. The molecule has 1 aromatic heterocycles. The molecule has 3 heterocycles. The van der Waals surface area contributed by atoms with Gasteiger partial charge in [-0.15, -0.1) is 0 Å². The lowest BCUT2D eigenvalue weighted by Crippen LogP contribution is -2.57. The maximum atomic E-state index is 5.02. The summed E-state index contributed by atoms with van der Waals surface area (Å²) in [4.78, 5) is 14.9. The Bertz CT molecular complexity index is 1110. The van der Waals surface area contributed by atoms with Crippen molar-refractivity contribution in [3.63, 3.8) is 0 Å². The van der Waals surface area contributed by atoms with Gasteiger partial charge in [-0.1, -0.05) is 44.2 Å². The molecule has 1 saturated carbocycles. The van der Waals surface area contributed by atoms with Crippen molar-refractivity contribution in [3.05, 3.63) is 53.2 Å². The first-order valence-corrected chi connectivity index (χ1v) is 14.0. The highest BCUT2D eigenvalue weighted by Crippen LogP contribution is 2.44. The first-order valence-electron chi connectivity index (χ1n) is 14.0. The van der Waals surface area contributed by atoms with E-state index in [2.05, 4.69) is 74.5 Å². The van der Waals surface area contributed by atoms with Crippen molar-refractivity contribution < 1.29 is 0 Å². The molecule has 3 fully saturated rings. The average Bonchev–Trinajstić information content (AvgIpc) is 2.76. The predicted molar refractivity (Wildman–Crippen MR) is 151 cm³/mol. The van der Waals surface area contributed by atoms with Crippen LogP contribution in [0, 0.1) is 31.1 Å². The van der Waals surface area contributed by atoms with Crippen LogP contribution in [0.5, 0.6) is 0 Å².